The number of likely N-dealkylation sites (tertiary alicyclic amines) is 1. The van der Waals surface area contributed by atoms with Crippen LogP contribution in [0.25, 0.3) is 0 Å². The topological polar surface area (TPSA) is 83.8 Å². The van der Waals surface area contributed by atoms with Crippen LogP contribution in [-0.4, -0.2) is 59.4 Å². The summed E-state index contributed by atoms with van der Waals surface area (Å²) in [4.78, 5) is 14.0. The number of hydrogen-bond donors (Lipinski definition) is 1. The van der Waals surface area contributed by atoms with Crippen LogP contribution in [-0.2, 0) is 4.74 Å². The molecule has 2 aromatic carbocycles. The van der Waals surface area contributed by atoms with Gasteiger partial charge >= 0.3 is 6.09 Å². The summed E-state index contributed by atoms with van der Waals surface area (Å²) in [6.45, 7) is 3.19. The number of aromatic hydroxyl groups is 1. The molecule has 0 saturated carbocycles. The number of hydrogen-bond acceptors (Lipinski definition) is 7. The molecule has 1 N–H and O–H groups in total. The molecule has 2 aromatic rings. The van der Waals surface area contributed by atoms with Gasteiger partial charge in [-0.2, -0.15) is 5.10 Å². The fourth-order valence-electron chi connectivity index (χ4n) is 4.87. The first kappa shape index (κ1) is 21.7. The maximum Gasteiger partial charge on any atom is 0.409 e. The number of rotatable bonds is 3. The lowest BCUT2D eigenvalue weighted by atomic mass is 9.90. The third-order valence-electron chi connectivity index (χ3n) is 6.54. The maximum absolute atomic E-state index is 12.2. The maximum atomic E-state index is 12.2. The lowest BCUT2D eigenvalue weighted by Gasteiger charge is -2.51. The average Bonchev–Trinajstić information content (AvgIpc) is 3.28. The highest BCUT2D eigenvalue weighted by atomic mass is 35.5. The zero-order valence-electron chi connectivity index (χ0n) is 18.6. The highest BCUT2D eigenvalue weighted by Gasteiger charge is 2.52. The molecule has 3 aliphatic rings. The van der Waals surface area contributed by atoms with Crippen LogP contribution in [0.15, 0.2) is 41.5 Å². The molecule has 9 heteroatoms. The molecule has 1 atom stereocenters. The van der Waals surface area contributed by atoms with Crippen LogP contribution >= 0.6 is 11.6 Å². The number of phenolic OH excluding ortho intramolecular Hbond substituents is 1. The molecule has 0 unspecified atom stereocenters. The molecule has 1 amide bonds. The Bertz CT molecular complexity index is 1110. The van der Waals surface area contributed by atoms with Gasteiger partial charge in [0.2, 0.25) is 5.72 Å². The summed E-state index contributed by atoms with van der Waals surface area (Å²) in [7, 11) is 1.52. The number of ether oxygens (including phenoxy) is 3. The fourth-order valence-corrected chi connectivity index (χ4v) is 5.05. The van der Waals surface area contributed by atoms with E-state index < -0.39 is 5.72 Å². The summed E-state index contributed by atoms with van der Waals surface area (Å²) < 4.78 is 17.0. The smallest absolute Gasteiger partial charge is 0.409 e. The number of fused-ring (bicyclic) bond motifs is 4. The second-order valence-corrected chi connectivity index (χ2v) is 8.85. The van der Waals surface area contributed by atoms with E-state index >= 15 is 0 Å². The van der Waals surface area contributed by atoms with E-state index in [1.807, 2.05) is 29.3 Å². The van der Waals surface area contributed by atoms with E-state index in [1.165, 1.54) is 7.11 Å². The largest absolute Gasteiger partial charge is 0.504 e. The number of carbonyl (C=O) groups is 1. The van der Waals surface area contributed by atoms with E-state index in [9.17, 15) is 9.90 Å². The van der Waals surface area contributed by atoms with Crippen molar-refractivity contribution in [2.75, 3.05) is 26.8 Å². The zero-order chi connectivity index (χ0) is 23.2. The van der Waals surface area contributed by atoms with Crippen molar-refractivity contribution in [1.82, 2.24) is 9.91 Å². The van der Waals surface area contributed by atoms with Gasteiger partial charge in [0, 0.05) is 48.5 Å². The highest BCUT2D eigenvalue weighted by Crippen LogP contribution is 2.50. The van der Waals surface area contributed by atoms with Crippen molar-refractivity contribution in [3.8, 4) is 17.2 Å². The Labute approximate surface area is 197 Å². The zero-order valence-corrected chi connectivity index (χ0v) is 19.3. The van der Waals surface area contributed by atoms with E-state index in [2.05, 4.69) is 0 Å². The van der Waals surface area contributed by atoms with Crippen LogP contribution in [0.4, 0.5) is 4.79 Å². The van der Waals surface area contributed by atoms with Crippen molar-refractivity contribution in [3.63, 3.8) is 0 Å². The normalized spacial score (nSPS) is 20.6. The van der Waals surface area contributed by atoms with E-state index in [-0.39, 0.29) is 17.9 Å². The molecule has 174 valence electrons. The molecule has 3 aliphatic heterocycles. The second-order valence-electron chi connectivity index (χ2n) is 8.41. The van der Waals surface area contributed by atoms with Gasteiger partial charge in [-0.1, -0.05) is 11.6 Å². The second kappa shape index (κ2) is 8.33. The molecule has 0 bridgehead atoms. The van der Waals surface area contributed by atoms with Gasteiger partial charge in [-0.05, 0) is 43.3 Å². The van der Waals surface area contributed by atoms with Crippen LogP contribution < -0.4 is 9.47 Å². The van der Waals surface area contributed by atoms with Gasteiger partial charge in [0.25, 0.3) is 0 Å². The summed E-state index contributed by atoms with van der Waals surface area (Å²) in [6.07, 6.45) is 1.56. The summed E-state index contributed by atoms with van der Waals surface area (Å²) in [5, 5.41) is 17.7. The molecule has 0 radical (unpaired) electrons. The quantitative estimate of drug-likeness (QED) is 0.707. The number of hydrazone groups is 1. The summed E-state index contributed by atoms with van der Waals surface area (Å²) in [6, 6.07) is 10.9. The van der Waals surface area contributed by atoms with Gasteiger partial charge < -0.3 is 24.2 Å². The van der Waals surface area contributed by atoms with Gasteiger partial charge in [-0.15, -0.1) is 0 Å². The molecule has 1 saturated heterocycles. The minimum absolute atomic E-state index is 0.0450. The minimum atomic E-state index is -0.669. The Kier molecular flexibility index (Phi) is 5.48. The van der Waals surface area contributed by atoms with Crippen LogP contribution in [0.1, 0.15) is 43.4 Å². The van der Waals surface area contributed by atoms with Crippen LogP contribution in [0.3, 0.4) is 0 Å². The first-order valence-corrected chi connectivity index (χ1v) is 11.5. The van der Waals surface area contributed by atoms with Gasteiger partial charge in [0.05, 0.1) is 25.5 Å². The van der Waals surface area contributed by atoms with Gasteiger partial charge in [0.1, 0.15) is 5.75 Å². The van der Waals surface area contributed by atoms with Crippen molar-refractivity contribution in [1.29, 1.82) is 0 Å². The van der Waals surface area contributed by atoms with Gasteiger partial charge in [0.15, 0.2) is 11.5 Å². The van der Waals surface area contributed by atoms with Crippen molar-refractivity contribution in [2.24, 2.45) is 5.10 Å². The molecule has 5 rings (SSSR count). The van der Waals surface area contributed by atoms with Gasteiger partial charge in [-0.25, -0.2) is 9.80 Å². The molecule has 1 spiro atoms. The van der Waals surface area contributed by atoms with Crippen molar-refractivity contribution in [2.45, 2.75) is 38.0 Å². The Morgan fingerprint density at radius 3 is 2.79 bits per heavy atom. The molecule has 0 aliphatic carbocycles. The van der Waals surface area contributed by atoms with Crippen LogP contribution in [0.2, 0.25) is 5.02 Å². The third-order valence-corrected chi connectivity index (χ3v) is 6.78. The number of benzene rings is 2. The Morgan fingerprint density at radius 2 is 2.06 bits per heavy atom. The molecular weight excluding hydrogens is 446 g/mol. The lowest BCUT2D eigenvalue weighted by Crippen LogP contribution is -2.59. The molecule has 3 heterocycles. The fraction of sp³-hybridized carbons (Fsp3) is 0.417. The molecular formula is C24H26ClN3O5. The van der Waals surface area contributed by atoms with Crippen LogP contribution in [0, 0.1) is 0 Å². The van der Waals surface area contributed by atoms with E-state index in [4.69, 9.17) is 30.9 Å². The Morgan fingerprint density at radius 1 is 1.27 bits per heavy atom. The van der Waals surface area contributed by atoms with Crippen molar-refractivity contribution < 1.29 is 24.1 Å². The van der Waals surface area contributed by atoms with Gasteiger partial charge in [-0.3, -0.25) is 0 Å². The standard InChI is InChI=1S/C24H26ClN3O5/c1-3-32-23(30)27-10-8-24(9-11-27)28-19(17-13-16(25)5-7-21(17)33-24)14-18(26-28)15-4-6-20(29)22(12-15)31-2/h4-7,12-13,19,29H,3,8-11,14H2,1-2H3/t19-/m0/s1. The SMILES string of the molecule is CCOC(=O)N1CCC2(CC1)Oc1ccc(Cl)cc1[C@@H]1CC(c3ccc(O)c(OC)c3)=NN12. The molecule has 8 nitrogen and oxygen atoms in total. The predicted molar refractivity (Wildman–Crippen MR) is 123 cm³/mol. The van der Waals surface area contributed by atoms with E-state index in [0.717, 1.165) is 22.6 Å². The molecule has 0 aromatic heterocycles. The number of piperidine rings is 1. The number of phenols is 1. The summed E-state index contributed by atoms with van der Waals surface area (Å²) in [5.41, 5.74) is 2.08. The Hall–Kier alpha value is -3.13. The highest BCUT2D eigenvalue weighted by molar-refractivity contribution is 6.30. The molecule has 33 heavy (non-hydrogen) atoms. The number of methoxy groups -OCH3 is 1. The Balaban J connectivity index is 1.50. The first-order chi connectivity index (χ1) is 15.9. The summed E-state index contributed by atoms with van der Waals surface area (Å²) in [5.74, 6) is 1.28. The van der Waals surface area contributed by atoms with Crippen molar-refractivity contribution in [3.05, 3.63) is 52.5 Å². The lowest BCUT2D eigenvalue weighted by molar-refractivity contribution is -0.147. The van der Waals surface area contributed by atoms with Crippen molar-refractivity contribution >= 4 is 23.4 Å². The predicted octanol–water partition coefficient (Wildman–Crippen LogP) is 4.55. The average molecular weight is 472 g/mol. The number of nitrogens with zero attached hydrogens (tertiary/aromatic N) is 3. The summed E-state index contributed by atoms with van der Waals surface area (Å²) >= 11 is 6.32. The van der Waals surface area contributed by atoms with E-state index in [0.29, 0.717) is 49.7 Å². The number of halogens is 1. The molecule has 1 fully saturated rings. The van der Waals surface area contributed by atoms with Crippen LogP contribution in [0.5, 0.6) is 17.2 Å². The number of amides is 1. The number of carbonyl (C=O) groups excluding carboxylic acids is 1. The monoisotopic (exact) mass is 471 g/mol. The third kappa shape index (κ3) is 3.72. The first-order valence-electron chi connectivity index (χ1n) is 11.1. The van der Waals surface area contributed by atoms with E-state index in [1.54, 1.807) is 24.0 Å². The minimum Gasteiger partial charge on any atom is -0.504 e.